The molecule has 2 aromatic heterocycles. The molecule has 2 aliphatic heterocycles. The van der Waals surface area contributed by atoms with Gasteiger partial charge in [0.1, 0.15) is 25.1 Å². The molecule has 0 spiro atoms. The fourth-order valence-electron chi connectivity index (χ4n) is 8.51. The van der Waals surface area contributed by atoms with E-state index in [-0.39, 0.29) is 56.2 Å². The number of pyridine rings is 2. The zero-order chi connectivity index (χ0) is 46.9. The van der Waals surface area contributed by atoms with Gasteiger partial charge in [0.15, 0.2) is 12.2 Å². The number of carbonyl (C=O) groups is 6. The number of urea groups is 1. The van der Waals surface area contributed by atoms with Gasteiger partial charge in [-0.05, 0) is 85.4 Å². The van der Waals surface area contributed by atoms with Crippen molar-refractivity contribution < 1.29 is 52.5 Å². The molecule has 1 aliphatic carbocycles. The van der Waals surface area contributed by atoms with E-state index in [0.717, 1.165) is 5.56 Å². The minimum absolute atomic E-state index is 0.0425. The van der Waals surface area contributed by atoms with Crippen molar-refractivity contribution in [2.45, 2.75) is 103 Å². The molecule has 0 unspecified atom stereocenters. The molecule has 0 saturated heterocycles. The van der Waals surface area contributed by atoms with Gasteiger partial charge in [-0.1, -0.05) is 32.9 Å². The first-order chi connectivity index (χ1) is 30.9. The largest absolute Gasteiger partial charge is 0.509 e. The van der Waals surface area contributed by atoms with Crippen LogP contribution in [0.15, 0.2) is 41.2 Å². The van der Waals surface area contributed by atoms with Crippen LogP contribution in [0.5, 0.6) is 0 Å². The van der Waals surface area contributed by atoms with Gasteiger partial charge in [0, 0.05) is 34.8 Å². The van der Waals surface area contributed by atoms with E-state index in [9.17, 15) is 38.7 Å². The second-order valence-electron chi connectivity index (χ2n) is 16.7. The summed E-state index contributed by atoms with van der Waals surface area (Å²) in [5, 5.41) is 22.7. The average Bonchev–Trinajstić information content (AvgIpc) is 3.65. The fourth-order valence-corrected chi connectivity index (χ4v) is 8.51. The van der Waals surface area contributed by atoms with Gasteiger partial charge < -0.3 is 56.6 Å². The second kappa shape index (κ2) is 18.7. The molecule has 4 atom stereocenters. The van der Waals surface area contributed by atoms with Gasteiger partial charge in [0.25, 0.3) is 11.5 Å². The predicted molar refractivity (Wildman–Crippen MR) is 231 cm³/mol. The molecule has 0 saturated carbocycles. The second-order valence-corrected chi connectivity index (χ2v) is 16.7. The van der Waals surface area contributed by atoms with Gasteiger partial charge in [0.2, 0.25) is 11.8 Å². The number of primary amides is 1. The van der Waals surface area contributed by atoms with E-state index in [1.54, 1.807) is 58.0 Å². The maximum Gasteiger partial charge on any atom is 0.509 e. The summed E-state index contributed by atoms with van der Waals surface area (Å²) in [6.07, 6.45) is 0.112. The lowest BCUT2D eigenvalue weighted by Crippen LogP contribution is -2.51. The smallest absolute Gasteiger partial charge is 0.458 e. The third kappa shape index (κ3) is 9.21. The molecule has 7 rings (SSSR count). The molecular formula is C45H51FN8O11. The van der Waals surface area contributed by atoms with Crippen molar-refractivity contribution in [2.75, 3.05) is 18.5 Å². The van der Waals surface area contributed by atoms with E-state index < -0.39 is 77.6 Å². The highest BCUT2D eigenvalue weighted by molar-refractivity contribution is 5.98. The highest BCUT2D eigenvalue weighted by Gasteiger charge is 2.46. The quantitative estimate of drug-likeness (QED) is 0.0589. The predicted octanol–water partition coefficient (Wildman–Crippen LogP) is 2.84. The normalized spacial score (nSPS) is 17.8. The average molecular weight is 899 g/mol. The Morgan fingerprint density at radius 3 is 2.49 bits per heavy atom. The third-order valence-electron chi connectivity index (χ3n) is 12.2. The Morgan fingerprint density at radius 2 is 1.80 bits per heavy atom. The molecule has 0 radical (unpaired) electrons. The molecule has 19 nitrogen and oxygen atoms in total. The SMILES string of the molecule is CC[C@@]1(O)C(=O)OCc2c1cc1n(c2=O)Cc2c-1nc1cc(F)c(C)c3c1c2[C@@H](NC(=O)COC(=O)OCc1ccc(NC(=O)[C@H](CCCNC(N)=O)NC(=O)[C@@H](N)C(C)C)cc1)CC3. The molecule has 5 amide bonds. The van der Waals surface area contributed by atoms with E-state index in [4.69, 9.17) is 30.7 Å². The summed E-state index contributed by atoms with van der Waals surface area (Å²) in [5.74, 6) is -3.16. The fraction of sp³-hybridized carbons (Fsp3) is 0.422. The van der Waals surface area contributed by atoms with Crippen LogP contribution in [0.3, 0.4) is 0 Å². The Hall–Kier alpha value is -6.93. The number of nitrogens with one attached hydrogen (secondary N) is 4. The maximum atomic E-state index is 15.3. The van der Waals surface area contributed by atoms with Crippen molar-refractivity contribution in [3.8, 4) is 11.4 Å². The number of hydrogen-bond donors (Lipinski definition) is 7. The minimum Gasteiger partial charge on any atom is -0.458 e. The molecule has 0 fully saturated rings. The van der Waals surface area contributed by atoms with Crippen molar-refractivity contribution >= 4 is 52.5 Å². The lowest BCUT2D eigenvalue weighted by atomic mass is 9.81. The molecule has 0 bridgehead atoms. The number of halogens is 1. The van der Waals surface area contributed by atoms with Gasteiger partial charge in [-0.25, -0.2) is 23.8 Å². The summed E-state index contributed by atoms with van der Waals surface area (Å²) < 4.78 is 32.4. The van der Waals surface area contributed by atoms with Crippen LogP contribution < -0.4 is 38.3 Å². The van der Waals surface area contributed by atoms with Gasteiger partial charge in [-0.3, -0.25) is 19.2 Å². The number of fused-ring (bicyclic) bond motifs is 5. The molecule has 2 aromatic carbocycles. The van der Waals surface area contributed by atoms with Crippen LogP contribution in [0.2, 0.25) is 0 Å². The van der Waals surface area contributed by atoms with Gasteiger partial charge in [-0.15, -0.1) is 0 Å². The number of hydrogen-bond acceptors (Lipinski definition) is 13. The summed E-state index contributed by atoms with van der Waals surface area (Å²) >= 11 is 0. The number of amides is 5. The number of anilines is 1. The number of ether oxygens (including phenoxy) is 3. The van der Waals surface area contributed by atoms with E-state index in [1.807, 2.05) is 0 Å². The van der Waals surface area contributed by atoms with Crippen molar-refractivity contribution in [3.05, 3.63) is 91.5 Å². The molecule has 9 N–H and O–H groups in total. The number of aliphatic hydroxyl groups is 1. The van der Waals surface area contributed by atoms with Gasteiger partial charge >= 0.3 is 18.2 Å². The number of aromatic nitrogens is 2. The van der Waals surface area contributed by atoms with Crippen LogP contribution in [0.1, 0.15) is 91.4 Å². The number of esters is 1. The number of aryl methyl sites for hydroxylation is 1. The number of nitrogens with two attached hydrogens (primary N) is 2. The molecular weight excluding hydrogens is 848 g/mol. The van der Waals surface area contributed by atoms with Gasteiger partial charge in [0.05, 0.1) is 41.1 Å². The topological polar surface area (TPSA) is 285 Å². The standard InChI is InChI=1S/C45H51FN8O11/c1-5-45(62)28-15-33-38-26(17-54(33)41(58)27(28)19-63-42(45)59)36-30(13-12-25-22(4)29(46)16-32(52-38)35(25)36)51-34(55)20-65-44(61)64-18-23-8-10-24(11-9-23)50-39(56)31(7-6-14-49-43(48)60)53-40(57)37(47)21(2)3/h8-11,15-16,21,30-31,37,62H,5-7,12-14,17-20,47H2,1-4H3,(H,50,56)(H,51,55)(H,53,57)(H3,48,49,60)/t30-,31-,37-,45-/m0/s1. The molecule has 65 heavy (non-hydrogen) atoms. The van der Waals surface area contributed by atoms with Crippen LogP contribution in [-0.4, -0.2) is 75.8 Å². The van der Waals surface area contributed by atoms with Crippen LogP contribution in [0, 0.1) is 18.7 Å². The van der Waals surface area contributed by atoms with Crippen molar-refractivity contribution in [1.82, 2.24) is 25.5 Å². The Balaban J connectivity index is 0.993. The first kappa shape index (κ1) is 46.1. The monoisotopic (exact) mass is 898 g/mol. The molecule has 344 valence electrons. The van der Waals surface area contributed by atoms with Crippen LogP contribution in [0.4, 0.5) is 19.7 Å². The molecule has 4 aromatic rings. The van der Waals surface area contributed by atoms with E-state index in [1.165, 1.54) is 10.6 Å². The first-order valence-electron chi connectivity index (χ1n) is 21.3. The lowest BCUT2D eigenvalue weighted by molar-refractivity contribution is -0.172. The summed E-state index contributed by atoms with van der Waals surface area (Å²) in [6, 6.07) is 6.02. The maximum absolute atomic E-state index is 15.3. The van der Waals surface area contributed by atoms with Crippen LogP contribution in [0.25, 0.3) is 22.3 Å². The zero-order valence-corrected chi connectivity index (χ0v) is 36.3. The molecule has 3 aliphatic rings. The van der Waals surface area contributed by atoms with Crippen molar-refractivity contribution in [1.29, 1.82) is 0 Å². The summed E-state index contributed by atoms with van der Waals surface area (Å²) in [7, 11) is 0. The lowest BCUT2D eigenvalue weighted by Gasteiger charge is -2.31. The summed E-state index contributed by atoms with van der Waals surface area (Å²) in [6.45, 7) is 5.84. The Morgan fingerprint density at radius 1 is 1.06 bits per heavy atom. The number of carbonyl (C=O) groups excluding carboxylic acids is 6. The Labute approximate surface area is 371 Å². The Kier molecular flexibility index (Phi) is 13.2. The highest BCUT2D eigenvalue weighted by Crippen LogP contribution is 2.46. The minimum atomic E-state index is -2.04. The highest BCUT2D eigenvalue weighted by atomic mass is 19.1. The van der Waals surface area contributed by atoms with Crippen molar-refractivity contribution in [2.24, 2.45) is 17.4 Å². The van der Waals surface area contributed by atoms with Gasteiger partial charge in [-0.2, -0.15) is 0 Å². The molecule has 4 heterocycles. The van der Waals surface area contributed by atoms with Crippen LogP contribution in [-0.2, 0) is 65.2 Å². The van der Waals surface area contributed by atoms with E-state index in [0.29, 0.717) is 69.5 Å². The first-order valence-corrected chi connectivity index (χ1v) is 21.3. The number of rotatable bonds is 15. The molecule has 20 heteroatoms. The third-order valence-corrected chi connectivity index (χ3v) is 12.2. The summed E-state index contributed by atoms with van der Waals surface area (Å²) in [4.78, 5) is 94.4. The zero-order valence-electron chi connectivity index (χ0n) is 36.3. The van der Waals surface area contributed by atoms with Crippen LogP contribution >= 0.6 is 0 Å². The Bertz CT molecular complexity index is 2670. The van der Waals surface area contributed by atoms with E-state index >= 15 is 4.39 Å². The number of cyclic esters (lactones) is 1. The number of nitrogens with zero attached hydrogens (tertiary/aromatic N) is 2. The summed E-state index contributed by atoms with van der Waals surface area (Å²) in [5.41, 5.74) is 13.2. The van der Waals surface area contributed by atoms with E-state index in [2.05, 4.69) is 21.3 Å². The van der Waals surface area contributed by atoms with Crippen molar-refractivity contribution in [3.63, 3.8) is 0 Å². The number of benzene rings is 2.